The van der Waals surface area contributed by atoms with Crippen LogP contribution in [0.15, 0.2) is 104 Å². The van der Waals surface area contributed by atoms with Crippen molar-refractivity contribution in [1.82, 2.24) is 4.98 Å². The number of hydrogen-bond acceptors (Lipinski definition) is 5. The lowest BCUT2D eigenvalue weighted by Gasteiger charge is -2.11. The van der Waals surface area contributed by atoms with Crippen molar-refractivity contribution in [3.05, 3.63) is 109 Å². The van der Waals surface area contributed by atoms with Gasteiger partial charge in [-0.15, -0.1) is 24.8 Å². The summed E-state index contributed by atoms with van der Waals surface area (Å²) < 4.78 is 1.98. The fourth-order valence-electron chi connectivity index (χ4n) is 3.73. The maximum atomic E-state index is 12.7. The molecule has 0 aliphatic heterocycles. The molecule has 0 unspecified atom stereocenters. The van der Waals surface area contributed by atoms with Gasteiger partial charge >= 0.3 is 0 Å². The van der Waals surface area contributed by atoms with Crippen LogP contribution in [-0.4, -0.2) is 10.9 Å². The van der Waals surface area contributed by atoms with Crippen LogP contribution in [0.5, 0.6) is 0 Å². The summed E-state index contributed by atoms with van der Waals surface area (Å²) in [6.45, 7) is 0. The standard InChI is InChI=1S/C28H24N6O.2ClH/c1-34-16-13-24(14-17-34)31-21-7-9-23(10-8-21)33-28(35)19-2-5-22(6-3-19)32-26-12-15-30-27-18-20(29)4-11-25(26)27;;/h2-18H,1H3,(H4,29,30,32,33,35);2*1H/p+1. The van der Waals surface area contributed by atoms with E-state index in [9.17, 15) is 4.79 Å². The van der Waals surface area contributed by atoms with Crippen LogP contribution in [0.4, 0.5) is 34.1 Å². The number of carbonyl (C=O) groups excluding carboxylic acids is 1. The molecular formula is C28H27Cl2N6O+. The Morgan fingerprint density at radius 1 is 0.757 bits per heavy atom. The fraction of sp³-hybridized carbons (Fsp3) is 0.0357. The monoisotopic (exact) mass is 533 g/mol. The molecule has 0 fully saturated rings. The molecule has 0 saturated carbocycles. The molecule has 5 N–H and O–H groups in total. The van der Waals surface area contributed by atoms with E-state index in [0.717, 1.165) is 39.3 Å². The summed E-state index contributed by atoms with van der Waals surface area (Å²) in [4.78, 5) is 17.1. The lowest BCUT2D eigenvalue weighted by atomic mass is 10.1. The van der Waals surface area contributed by atoms with Gasteiger partial charge in [-0.25, -0.2) is 4.57 Å². The van der Waals surface area contributed by atoms with Gasteiger partial charge in [0.15, 0.2) is 12.4 Å². The Labute approximate surface area is 227 Å². The maximum Gasteiger partial charge on any atom is 0.255 e. The van der Waals surface area contributed by atoms with E-state index in [4.69, 9.17) is 5.73 Å². The quantitative estimate of drug-likeness (QED) is 0.153. The first-order chi connectivity index (χ1) is 17.0. The third-order valence-corrected chi connectivity index (χ3v) is 5.60. The fourth-order valence-corrected chi connectivity index (χ4v) is 3.73. The third kappa shape index (κ3) is 6.67. The topological polar surface area (TPSA) is 96.0 Å². The molecule has 0 aliphatic rings. The lowest BCUT2D eigenvalue weighted by molar-refractivity contribution is -0.671. The Kier molecular flexibility index (Phi) is 8.90. The van der Waals surface area contributed by atoms with Crippen molar-refractivity contribution >= 4 is 75.7 Å². The average Bonchev–Trinajstić information content (AvgIpc) is 2.87. The van der Waals surface area contributed by atoms with E-state index in [0.29, 0.717) is 11.3 Å². The zero-order valence-electron chi connectivity index (χ0n) is 20.0. The number of rotatable bonds is 6. The highest BCUT2D eigenvalue weighted by molar-refractivity contribution is 6.04. The molecule has 0 saturated heterocycles. The summed E-state index contributed by atoms with van der Waals surface area (Å²) >= 11 is 0. The molecule has 2 heterocycles. The van der Waals surface area contributed by atoms with E-state index in [2.05, 4.69) is 20.9 Å². The molecule has 0 radical (unpaired) electrons. The molecule has 0 atom stereocenters. The van der Waals surface area contributed by atoms with Crippen molar-refractivity contribution in [2.24, 2.45) is 7.05 Å². The zero-order chi connectivity index (χ0) is 24.2. The second kappa shape index (κ2) is 12.1. The molecule has 3 aromatic carbocycles. The number of aromatic nitrogens is 2. The Morgan fingerprint density at radius 3 is 2.05 bits per heavy atom. The number of benzene rings is 3. The van der Waals surface area contributed by atoms with Crippen LogP contribution in [0.1, 0.15) is 10.4 Å². The SMILES string of the molecule is C[n+]1ccc(Nc2ccc(NC(=O)c3ccc(Nc4ccnc5cc(N)ccc45)cc3)cc2)cc1.Cl.Cl. The van der Waals surface area contributed by atoms with E-state index in [1.54, 1.807) is 18.3 Å². The molecule has 9 heteroatoms. The van der Waals surface area contributed by atoms with Crippen molar-refractivity contribution in [3.8, 4) is 0 Å². The number of aryl methyl sites for hydroxylation is 1. The molecule has 0 spiro atoms. The number of nitrogens with one attached hydrogen (secondary N) is 3. The summed E-state index contributed by atoms with van der Waals surface area (Å²) in [5.74, 6) is -0.169. The number of nitrogens with two attached hydrogens (primary N) is 1. The van der Waals surface area contributed by atoms with Crippen molar-refractivity contribution in [3.63, 3.8) is 0 Å². The molecule has 5 aromatic rings. The van der Waals surface area contributed by atoms with E-state index < -0.39 is 0 Å². The first kappa shape index (κ1) is 27.3. The minimum atomic E-state index is -0.169. The number of anilines is 6. The molecule has 1 amide bonds. The minimum Gasteiger partial charge on any atom is -0.399 e. The van der Waals surface area contributed by atoms with Crippen LogP contribution in [-0.2, 0) is 7.05 Å². The van der Waals surface area contributed by atoms with Gasteiger partial charge < -0.3 is 21.7 Å². The minimum absolute atomic E-state index is 0. The summed E-state index contributed by atoms with van der Waals surface area (Å²) in [6, 6.07) is 26.5. The number of nitrogen functional groups attached to an aromatic ring is 1. The number of nitrogens with zero attached hydrogens (tertiary/aromatic N) is 2. The molecule has 7 nitrogen and oxygen atoms in total. The number of halogens is 2. The van der Waals surface area contributed by atoms with Crippen molar-refractivity contribution in [2.75, 3.05) is 21.7 Å². The van der Waals surface area contributed by atoms with Crippen molar-refractivity contribution in [2.45, 2.75) is 0 Å². The van der Waals surface area contributed by atoms with Gasteiger partial charge in [0.2, 0.25) is 0 Å². The van der Waals surface area contributed by atoms with Crippen molar-refractivity contribution in [1.29, 1.82) is 0 Å². The summed E-state index contributed by atoms with van der Waals surface area (Å²) in [5, 5.41) is 10.7. The Morgan fingerprint density at radius 2 is 1.35 bits per heavy atom. The molecule has 188 valence electrons. The smallest absolute Gasteiger partial charge is 0.255 e. The highest BCUT2D eigenvalue weighted by atomic mass is 35.5. The molecular weight excluding hydrogens is 507 g/mol. The number of hydrogen-bond donors (Lipinski definition) is 4. The third-order valence-electron chi connectivity index (χ3n) is 5.60. The number of fused-ring (bicyclic) bond motifs is 1. The highest BCUT2D eigenvalue weighted by Crippen LogP contribution is 2.27. The van der Waals surface area contributed by atoms with Crippen LogP contribution in [0, 0.1) is 0 Å². The predicted molar refractivity (Wildman–Crippen MR) is 156 cm³/mol. The maximum absolute atomic E-state index is 12.7. The van der Waals surface area contributed by atoms with Gasteiger partial charge in [0, 0.05) is 57.7 Å². The Bertz CT molecular complexity index is 1490. The molecule has 2 aromatic heterocycles. The summed E-state index contributed by atoms with van der Waals surface area (Å²) in [7, 11) is 1.98. The van der Waals surface area contributed by atoms with Gasteiger partial charge in [-0.1, -0.05) is 0 Å². The molecule has 37 heavy (non-hydrogen) atoms. The first-order valence-electron chi connectivity index (χ1n) is 11.2. The number of amides is 1. The summed E-state index contributed by atoms with van der Waals surface area (Å²) in [5.41, 5.74) is 12.4. The lowest BCUT2D eigenvalue weighted by Crippen LogP contribution is -2.25. The first-order valence-corrected chi connectivity index (χ1v) is 11.2. The van der Waals surface area contributed by atoms with E-state index in [1.807, 2.05) is 96.8 Å². The van der Waals surface area contributed by atoms with Crippen LogP contribution >= 0.6 is 24.8 Å². The predicted octanol–water partition coefficient (Wildman–Crippen LogP) is 6.22. The van der Waals surface area contributed by atoms with Gasteiger partial charge in [-0.3, -0.25) is 9.78 Å². The second-order valence-corrected chi connectivity index (χ2v) is 8.25. The molecule has 5 rings (SSSR count). The normalized spacial score (nSPS) is 10.1. The number of carbonyl (C=O) groups is 1. The van der Waals surface area contributed by atoms with Gasteiger partial charge in [-0.2, -0.15) is 0 Å². The van der Waals surface area contributed by atoms with E-state index in [-0.39, 0.29) is 30.7 Å². The van der Waals surface area contributed by atoms with Crippen LogP contribution in [0.3, 0.4) is 0 Å². The van der Waals surface area contributed by atoms with Gasteiger partial charge in [0.05, 0.1) is 11.2 Å². The van der Waals surface area contributed by atoms with Gasteiger partial charge in [0.25, 0.3) is 5.91 Å². The molecule has 0 bridgehead atoms. The second-order valence-electron chi connectivity index (χ2n) is 8.25. The van der Waals surface area contributed by atoms with E-state index in [1.165, 1.54) is 0 Å². The van der Waals surface area contributed by atoms with Crippen LogP contribution in [0.2, 0.25) is 0 Å². The van der Waals surface area contributed by atoms with Gasteiger partial charge in [-0.05, 0) is 72.8 Å². The largest absolute Gasteiger partial charge is 0.399 e. The Balaban J connectivity index is 0.00000190. The summed E-state index contributed by atoms with van der Waals surface area (Å²) in [6.07, 6.45) is 5.70. The number of pyridine rings is 2. The highest BCUT2D eigenvalue weighted by Gasteiger charge is 2.08. The van der Waals surface area contributed by atoms with E-state index >= 15 is 0 Å². The van der Waals surface area contributed by atoms with Crippen LogP contribution < -0.4 is 26.3 Å². The van der Waals surface area contributed by atoms with Gasteiger partial charge in [0.1, 0.15) is 7.05 Å². The Hall–Kier alpha value is -4.33. The zero-order valence-corrected chi connectivity index (χ0v) is 21.6. The average molecular weight is 534 g/mol. The van der Waals surface area contributed by atoms with Crippen molar-refractivity contribution < 1.29 is 9.36 Å². The molecule has 0 aliphatic carbocycles. The van der Waals surface area contributed by atoms with Crippen LogP contribution in [0.25, 0.3) is 10.9 Å².